The van der Waals surface area contributed by atoms with Crippen LogP contribution in [0.4, 0.5) is 0 Å². The maximum atomic E-state index is 12.4. The lowest BCUT2D eigenvalue weighted by Gasteiger charge is -2.26. The number of hydrogen-bond donors (Lipinski definition) is 1. The predicted molar refractivity (Wildman–Crippen MR) is 325 cm³/mol. The van der Waals surface area contributed by atoms with Gasteiger partial charge in [0.1, 0.15) is 0 Å². The number of carbonyl (C=O) groups is 3. The van der Waals surface area contributed by atoms with E-state index < -0.39 is 0 Å². The summed E-state index contributed by atoms with van der Waals surface area (Å²) in [6.07, 6.45) is 60.1. The Morgan fingerprint density at radius 3 is 0.697 bits per heavy atom. The third-order valence-corrected chi connectivity index (χ3v) is 15.7. The number of aliphatic hydroxyl groups excluding tert-OH is 1. The first-order chi connectivity index (χ1) is 37.5. The highest BCUT2D eigenvalue weighted by Gasteiger charge is 2.11. The minimum atomic E-state index is -0.0210. The van der Waals surface area contributed by atoms with Gasteiger partial charge in [0.25, 0.3) is 0 Å². The molecule has 0 aliphatic rings. The van der Waals surface area contributed by atoms with Crippen LogP contribution in [-0.4, -0.2) is 98.5 Å². The van der Waals surface area contributed by atoms with Crippen molar-refractivity contribution in [1.82, 2.24) is 9.80 Å². The fourth-order valence-electron chi connectivity index (χ4n) is 10.6. The van der Waals surface area contributed by atoms with E-state index in [2.05, 4.69) is 30.6 Å². The van der Waals surface area contributed by atoms with E-state index in [0.717, 1.165) is 123 Å². The van der Waals surface area contributed by atoms with Crippen molar-refractivity contribution in [1.29, 1.82) is 0 Å². The van der Waals surface area contributed by atoms with Crippen LogP contribution in [-0.2, 0) is 28.6 Å². The summed E-state index contributed by atoms with van der Waals surface area (Å²) in [6.45, 7) is 15.4. The molecule has 1 N–H and O–H groups in total. The van der Waals surface area contributed by atoms with Crippen LogP contribution in [0.5, 0.6) is 0 Å². The van der Waals surface area contributed by atoms with Crippen molar-refractivity contribution in [3.8, 4) is 0 Å². The van der Waals surface area contributed by atoms with Gasteiger partial charge in [-0.15, -0.1) is 0 Å². The Balaban J connectivity index is 4.57. The lowest BCUT2D eigenvalue weighted by molar-refractivity contribution is -0.144. The Labute approximate surface area is 473 Å². The second kappa shape index (κ2) is 64.1. The highest BCUT2D eigenvalue weighted by Crippen LogP contribution is 2.16. The molecule has 0 amide bonds. The van der Waals surface area contributed by atoms with Crippen LogP contribution < -0.4 is 0 Å². The SMILES string of the molecule is CCCCCCCCCCCCOC(=O)CCCCCCCN(CCCCO)CCCN(CCCCCCCC(=O)OCCCCCCCCCCCC)CCCCCCCC(=O)OCCCCCCCCCCCC. The summed E-state index contributed by atoms with van der Waals surface area (Å²) in [5.41, 5.74) is 0. The Morgan fingerprint density at radius 1 is 0.250 bits per heavy atom. The van der Waals surface area contributed by atoms with E-state index in [1.54, 1.807) is 0 Å². The Bertz CT molecular complexity index is 1120. The number of rotatable bonds is 65. The molecule has 76 heavy (non-hydrogen) atoms. The van der Waals surface area contributed by atoms with Crippen molar-refractivity contribution in [2.75, 3.05) is 65.7 Å². The number of aliphatic hydroxyl groups is 1. The average Bonchev–Trinajstić information content (AvgIpc) is 3.41. The first kappa shape index (κ1) is 74.3. The molecule has 0 unspecified atom stereocenters. The third-order valence-electron chi connectivity index (χ3n) is 15.7. The molecule has 0 aromatic heterocycles. The summed E-state index contributed by atoms with van der Waals surface area (Å²) >= 11 is 0. The molecule has 0 fully saturated rings. The molecule has 0 aromatic rings. The van der Waals surface area contributed by atoms with Gasteiger partial charge in [-0.25, -0.2) is 0 Å². The maximum Gasteiger partial charge on any atom is 0.305 e. The van der Waals surface area contributed by atoms with Crippen LogP contribution in [0, 0.1) is 0 Å². The Morgan fingerprint density at radius 2 is 0.447 bits per heavy atom. The van der Waals surface area contributed by atoms with Crippen LogP contribution in [0.25, 0.3) is 0 Å². The van der Waals surface area contributed by atoms with Crippen LogP contribution in [0.1, 0.15) is 348 Å². The molecule has 0 saturated carbocycles. The van der Waals surface area contributed by atoms with Crippen molar-refractivity contribution < 1.29 is 33.7 Å². The lowest BCUT2D eigenvalue weighted by Crippen LogP contribution is -2.32. The standard InChI is InChI=1S/C67H132N2O7/c1-4-7-10-13-16-19-22-25-37-48-62-74-65(71)52-40-31-28-34-43-55-68(56-44-35-29-32-41-53-66(72)75-63-49-38-26-23-20-17-14-11-8-5-2)59-51-60-69(58-46-47-61-70)57-45-36-30-33-42-54-67(73)76-64-50-39-27-24-21-18-15-12-9-6-3/h70H,4-64H2,1-3H3. The highest BCUT2D eigenvalue weighted by atomic mass is 16.5. The zero-order valence-electron chi connectivity index (χ0n) is 51.4. The van der Waals surface area contributed by atoms with Crippen molar-refractivity contribution in [2.24, 2.45) is 0 Å². The van der Waals surface area contributed by atoms with E-state index in [0.29, 0.717) is 39.1 Å². The highest BCUT2D eigenvalue weighted by molar-refractivity contribution is 5.69. The molecule has 0 saturated heterocycles. The number of carbonyl (C=O) groups excluding carboxylic acids is 3. The first-order valence-corrected chi connectivity index (χ1v) is 34.0. The van der Waals surface area contributed by atoms with Gasteiger partial charge in [-0.1, -0.05) is 252 Å². The zero-order valence-corrected chi connectivity index (χ0v) is 51.4. The largest absolute Gasteiger partial charge is 0.466 e. The summed E-state index contributed by atoms with van der Waals surface area (Å²) in [4.78, 5) is 42.3. The van der Waals surface area contributed by atoms with Crippen molar-refractivity contribution in [3.05, 3.63) is 0 Å². The van der Waals surface area contributed by atoms with Gasteiger partial charge in [0.2, 0.25) is 0 Å². The van der Waals surface area contributed by atoms with Gasteiger partial charge in [0.15, 0.2) is 0 Å². The number of hydrogen-bond acceptors (Lipinski definition) is 9. The van der Waals surface area contributed by atoms with Gasteiger partial charge in [-0.05, 0) is 116 Å². The fourth-order valence-corrected chi connectivity index (χ4v) is 10.6. The Hall–Kier alpha value is -1.71. The van der Waals surface area contributed by atoms with E-state index in [-0.39, 0.29) is 24.5 Å². The molecule has 0 radical (unpaired) electrons. The second-order valence-electron chi connectivity index (χ2n) is 23.2. The van der Waals surface area contributed by atoms with E-state index in [9.17, 15) is 19.5 Å². The van der Waals surface area contributed by atoms with E-state index in [1.165, 1.54) is 225 Å². The number of unbranched alkanes of at least 4 members (excludes halogenated alkanes) is 40. The minimum Gasteiger partial charge on any atom is -0.466 e. The van der Waals surface area contributed by atoms with Crippen LogP contribution in [0.2, 0.25) is 0 Å². The van der Waals surface area contributed by atoms with Gasteiger partial charge in [0.05, 0.1) is 19.8 Å². The van der Waals surface area contributed by atoms with Crippen LogP contribution in [0.3, 0.4) is 0 Å². The molecule has 0 heterocycles. The summed E-state index contributed by atoms with van der Waals surface area (Å²) in [5, 5.41) is 9.52. The molecule has 0 atom stereocenters. The zero-order chi connectivity index (χ0) is 55.1. The molecule has 0 aliphatic heterocycles. The van der Waals surface area contributed by atoms with E-state index in [4.69, 9.17) is 14.2 Å². The number of nitrogens with zero attached hydrogens (tertiary/aromatic N) is 2. The number of ether oxygens (including phenoxy) is 3. The van der Waals surface area contributed by atoms with Gasteiger partial charge >= 0.3 is 17.9 Å². The lowest BCUT2D eigenvalue weighted by atomic mass is 10.1. The second-order valence-corrected chi connectivity index (χ2v) is 23.2. The summed E-state index contributed by atoms with van der Waals surface area (Å²) in [5.74, 6) is -0.0568. The molecule has 0 aromatic carbocycles. The molecular formula is C67H132N2O7. The molecular weight excluding hydrogens is 945 g/mol. The van der Waals surface area contributed by atoms with Gasteiger partial charge < -0.3 is 29.1 Å². The van der Waals surface area contributed by atoms with E-state index in [1.807, 2.05) is 0 Å². The van der Waals surface area contributed by atoms with Crippen molar-refractivity contribution in [3.63, 3.8) is 0 Å². The molecule has 9 heteroatoms. The Kier molecular flexibility index (Phi) is 62.7. The molecule has 452 valence electrons. The van der Waals surface area contributed by atoms with Gasteiger partial charge in [-0.3, -0.25) is 14.4 Å². The fraction of sp³-hybridized carbons (Fsp3) is 0.955. The summed E-state index contributed by atoms with van der Waals surface area (Å²) in [6, 6.07) is 0. The maximum absolute atomic E-state index is 12.4. The van der Waals surface area contributed by atoms with Crippen LogP contribution in [0.15, 0.2) is 0 Å². The molecule has 0 rings (SSSR count). The number of esters is 3. The van der Waals surface area contributed by atoms with E-state index >= 15 is 0 Å². The molecule has 0 spiro atoms. The third kappa shape index (κ3) is 59.9. The predicted octanol–water partition coefficient (Wildman–Crippen LogP) is 19.2. The average molecular weight is 1080 g/mol. The monoisotopic (exact) mass is 1080 g/mol. The topological polar surface area (TPSA) is 106 Å². The molecule has 9 nitrogen and oxygen atoms in total. The van der Waals surface area contributed by atoms with Gasteiger partial charge in [-0.2, -0.15) is 0 Å². The summed E-state index contributed by atoms with van der Waals surface area (Å²) < 4.78 is 16.6. The quantitative estimate of drug-likeness (QED) is 0.0362. The molecule has 0 aliphatic carbocycles. The van der Waals surface area contributed by atoms with Crippen molar-refractivity contribution >= 4 is 17.9 Å². The van der Waals surface area contributed by atoms with Crippen molar-refractivity contribution in [2.45, 2.75) is 348 Å². The van der Waals surface area contributed by atoms with Crippen LogP contribution >= 0.6 is 0 Å². The normalized spacial score (nSPS) is 11.6. The summed E-state index contributed by atoms with van der Waals surface area (Å²) in [7, 11) is 0. The van der Waals surface area contributed by atoms with Gasteiger partial charge in [0, 0.05) is 25.9 Å². The minimum absolute atomic E-state index is 0.0179. The molecule has 0 bridgehead atoms. The first-order valence-electron chi connectivity index (χ1n) is 34.0. The smallest absolute Gasteiger partial charge is 0.305 e.